The number of benzene rings is 1. The lowest BCUT2D eigenvalue weighted by molar-refractivity contribution is -0.140. The fourth-order valence-electron chi connectivity index (χ4n) is 7.35. The van der Waals surface area contributed by atoms with Gasteiger partial charge in [0, 0.05) is 34.9 Å². The highest BCUT2D eigenvalue weighted by atomic mass is 32.2. The van der Waals surface area contributed by atoms with E-state index in [0.29, 0.717) is 47.5 Å². The van der Waals surface area contributed by atoms with Crippen molar-refractivity contribution in [3.8, 4) is 23.0 Å². The number of fused-ring (bicyclic) bond motifs is 3. The predicted octanol–water partition coefficient (Wildman–Crippen LogP) is 5.00. The number of sulfonamides is 1. The van der Waals surface area contributed by atoms with Gasteiger partial charge in [-0.05, 0) is 102 Å². The van der Waals surface area contributed by atoms with Crippen LogP contribution in [0.25, 0.3) is 22.2 Å². The first kappa shape index (κ1) is 43.5. The van der Waals surface area contributed by atoms with Crippen LogP contribution < -0.4 is 30.1 Å². The Labute approximate surface area is 358 Å². The van der Waals surface area contributed by atoms with Crippen molar-refractivity contribution >= 4 is 72.8 Å². The van der Waals surface area contributed by atoms with E-state index in [4.69, 9.17) is 24.2 Å². The third kappa shape index (κ3) is 10.1. The van der Waals surface area contributed by atoms with Crippen LogP contribution in [0.3, 0.4) is 0 Å². The fraction of sp³-hybridized carbons (Fsp3) is 0.561. The monoisotopic (exact) mass is 883 g/mol. The van der Waals surface area contributed by atoms with Crippen molar-refractivity contribution in [2.75, 3.05) is 30.5 Å². The zero-order valence-electron chi connectivity index (χ0n) is 34.6. The molecule has 3 fully saturated rings. The average molecular weight is 884 g/mol. The number of thiazole rings is 1. The molecule has 0 unspecified atom stereocenters. The molecule has 0 spiro atoms. The van der Waals surface area contributed by atoms with E-state index >= 15 is 0 Å². The molecule has 3 aromatic rings. The number of nitrogens with zero attached hydrogens (tertiary/aromatic N) is 3. The Kier molecular flexibility index (Phi) is 12.6. The van der Waals surface area contributed by atoms with Gasteiger partial charge in [0.05, 0.1) is 24.6 Å². The third-order valence-electron chi connectivity index (χ3n) is 10.6. The lowest BCUT2D eigenvalue weighted by Gasteiger charge is -2.30. The molecule has 0 bridgehead atoms. The van der Waals surface area contributed by atoms with Crippen LogP contribution >= 0.6 is 23.1 Å². The van der Waals surface area contributed by atoms with Gasteiger partial charge in [-0.25, -0.2) is 23.2 Å². The average Bonchev–Trinajstić information content (AvgIpc) is 4.06. The topological polar surface area (TPSA) is 207 Å². The van der Waals surface area contributed by atoms with Gasteiger partial charge in [-0.1, -0.05) is 12.2 Å². The summed E-state index contributed by atoms with van der Waals surface area (Å²) >= 11 is 2.94. The van der Waals surface area contributed by atoms with E-state index in [-0.39, 0.29) is 37.1 Å². The number of anilines is 1. The van der Waals surface area contributed by atoms with Crippen molar-refractivity contribution in [1.29, 1.82) is 0 Å². The van der Waals surface area contributed by atoms with Crippen LogP contribution in [0.2, 0.25) is 0 Å². The number of pyridine rings is 1. The van der Waals surface area contributed by atoms with Crippen molar-refractivity contribution in [2.45, 2.75) is 114 Å². The number of rotatable bonds is 10. The maximum Gasteiger partial charge on any atom is 0.408 e. The van der Waals surface area contributed by atoms with E-state index in [1.54, 1.807) is 33.9 Å². The normalized spacial score (nSPS) is 25.6. The second kappa shape index (κ2) is 17.4. The first-order chi connectivity index (χ1) is 28.4. The first-order valence-corrected chi connectivity index (χ1v) is 23.8. The molecule has 4 N–H and O–H groups in total. The van der Waals surface area contributed by atoms with Crippen LogP contribution in [0.15, 0.2) is 41.8 Å². The summed E-state index contributed by atoms with van der Waals surface area (Å²) in [5.74, 6) is -0.677. The Morgan fingerprint density at radius 3 is 2.60 bits per heavy atom. The quantitative estimate of drug-likeness (QED) is 0.198. The van der Waals surface area contributed by atoms with Crippen LogP contribution in [0.1, 0.15) is 73.1 Å². The number of amides is 4. The number of thioether (sulfide) groups is 1. The molecule has 2 aliphatic heterocycles. The lowest BCUT2D eigenvalue weighted by Crippen LogP contribution is -2.58. The van der Waals surface area contributed by atoms with Gasteiger partial charge < -0.3 is 35.1 Å². The van der Waals surface area contributed by atoms with Gasteiger partial charge in [-0.15, -0.1) is 11.3 Å². The third-order valence-corrected chi connectivity index (χ3v) is 14.3. The summed E-state index contributed by atoms with van der Waals surface area (Å²) in [5.41, 5.74) is -1.20. The molecular formula is C41H53N7O9S3. The number of ether oxygens (including phenoxy) is 3. The van der Waals surface area contributed by atoms with Crippen LogP contribution in [0, 0.1) is 5.92 Å². The smallest absolute Gasteiger partial charge is 0.408 e. The molecule has 0 radical (unpaired) electrons. The summed E-state index contributed by atoms with van der Waals surface area (Å²) in [6.07, 6.45) is 4.77. The Bertz CT molecular complexity index is 2270. The zero-order chi connectivity index (χ0) is 43.0. The molecule has 16 nitrogen and oxygen atoms in total. The van der Waals surface area contributed by atoms with Gasteiger partial charge in [0.25, 0.3) is 5.91 Å². The van der Waals surface area contributed by atoms with Gasteiger partial charge in [0.2, 0.25) is 27.7 Å². The van der Waals surface area contributed by atoms with Crippen LogP contribution in [-0.2, 0) is 29.1 Å². The first-order valence-electron chi connectivity index (χ1n) is 20.2. The second-order valence-corrected chi connectivity index (χ2v) is 21.0. The molecule has 2 aromatic heterocycles. The summed E-state index contributed by atoms with van der Waals surface area (Å²) in [6.45, 7) is 9.16. The van der Waals surface area contributed by atoms with Crippen molar-refractivity contribution in [3.05, 3.63) is 41.8 Å². The molecule has 4 heterocycles. The highest BCUT2D eigenvalue weighted by Gasteiger charge is 2.62. The highest BCUT2D eigenvalue weighted by molar-refractivity contribution is 7.99. The molecule has 19 heteroatoms. The summed E-state index contributed by atoms with van der Waals surface area (Å²) < 4.78 is 45.8. The Balaban J connectivity index is 1.23. The maximum atomic E-state index is 14.7. The van der Waals surface area contributed by atoms with Crippen molar-refractivity contribution in [1.82, 2.24) is 30.2 Å². The van der Waals surface area contributed by atoms with Crippen LogP contribution in [0.5, 0.6) is 11.6 Å². The van der Waals surface area contributed by atoms with E-state index in [1.807, 2.05) is 49.6 Å². The minimum atomic E-state index is -3.92. The Hall–Kier alpha value is -4.62. The molecule has 7 rings (SSSR count). The standard InChI is InChI=1S/C41H53N7O9S3/c1-23(2)42-38-44-31(22-59-38)30-17-24-16-26(55-6)11-14-29(24)35(43-30)56-27-18-33-34(49)46-41(37(51)47-60(53,54)28-12-13-28)19-25(41)10-8-7-9-15-58-21-32(36(50)48(33)20-27)45-39(52)57-40(3,4)5/h8,10-11,14,16-17,22-23,25,27-28,32-33H,7,9,12-13,15,18-21H2,1-6H3,(H,42,44)(H,45,52)(H,46,49)(H,47,51)/b10-8-/t25-,27-,32+,33+,41-/m1/s1. The summed E-state index contributed by atoms with van der Waals surface area (Å²) in [4.78, 5) is 67.2. The van der Waals surface area contributed by atoms with Crippen molar-refractivity contribution in [3.63, 3.8) is 0 Å². The molecular weight excluding hydrogens is 831 g/mol. The number of hydrogen-bond acceptors (Lipinski definition) is 14. The number of methoxy groups -OCH3 is 1. The molecule has 2 saturated carbocycles. The number of alkyl carbamates (subject to hydrolysis) is 1. The SMILES string of the molecule is COc1ccc2c(O[C@@H]3C[C@H]4C(=O)N[C@]5(C(=O)NS(=O)(=O)C6CC6)C[C@H]5/C=C\CCCSC[C@H](NC(=O)OC(C)(C)C)C(=O)N4C3)nc(-c3csc(NC(C)C)n3)cc2c1. The molecule has 60 heavy (non-hydrogen) atoms. The Morgan fingerprint density at radius 1 is 1.10 bits per heavy atom. The number of nitrogens with one attached hydrogen (secondary N) is 4. The minimum Gasteiger partial charge on any atom is -0.497 e. The fourth-order valence-corrected chi connectivity index (χ4v) is 10.6. The number of aromatic nitrogens is 2. The van der Waals surface area contributed by atoms with Gasteiger partial charge in [-0.3, -0.25) is 19.1 Å². The maximum absolute atomic E-state index is 14.7. The van der Waals surface area contributed by atoms with Gasteiger partial charge in [0.1, 0.15) is 40.8 Å². The summed E-state index contributed by atoms with van der Waals surface area (Å²) in [7, 11) is -2.34. The van der Waals surface area contributed by atoms with E-state index in [1.165, 1.54) is 28.0 Å². The Morgan fingerprint density at radius 2 is 1.88 bits per heavy atom. The minimum absolute atomic E-state index is 0.00512. The molecule has 1 saturated heterocycles. The van der Waals surface area contributed by atoms with Gasteiger partial charge in [0.15, 0.2) is 5.13 Å². The van der Waals surface area contributed by atoms with Crippen LogP contribution in [0.4, 0.5) is 9.93 Å². The predicted molar refractivity (Wildman–Crippen MR) is 231 cm³/mol. The molecule has 2 aliphatic carbocycles. The largest absolute Gasteiger partial charge is 0.497 e. The number of carbonyl (C=O) groups is 4. The molecule has 4 aliphatic rings. The zero-order valence-corrected chi connectivity index (χ0v) is 37.1. The van der Waals surface area contributed by atoms with Crippen molar-refractivity contribution < 1.29 is 41.8 Å². The molecule has 1 aromatic carbocycles. The molecule has 5 atom stereocenters. The van der Waals surface area contributed by atoms with E-state index < -0.39 is 74.3 Å². The molecule has 324 valence electrons. The second-order valence-electron chi connectivity index (χ2n) is 17.0. The highest BCUT2D eigenvalue weighted by Crippen LogP contribution is 2.46. The van der Waals surface area contributed by atoms with E-state index in [0.717, 1.165) is 16.9 Å². The molecule has 4 amide bonds. The summed E-state index contributed by atoms with van der Waals surface area (Å²) in [5, 5.41) is 12.4. The summed E-state index contributed by atoms with van der Waals surface area (Å²) in [6, 6.07) is 5.33. The number of hydrogen-bond donors (Lipinski definition) is 4. The van der Waals surface area contributed by atoms with Crippen molar-refractivity contribution in [2.24, 2.45) is 5.92 Å². The van der Waals surface area contributed by atoms with Crippen LogP contribution in [-0.4, -0.2) is 113 Å². The van der Waals surface area contributed by atoms with E-state index in [2.05, 4.69) is 20.7 Å². The number of allylic oxidation sites excluding steroid dienone is 1. The van der Waals surface area contributed by atoms with E-state index in [9.17, 15) is 27.6 Å². The number of carbonyl (C=O) groups excluding carboxylic acids is 4. The van der Waals surface area contributed by atoms with Gasteiger partial charge in [-0.2, -0.15) is 11.8 Å². The lowest BCUT2D eigenvalue weighted by atomic mass is 10.1. The van der Waals surface area contributed by atoms with Gasteiger partial charge >= 0.3 is 6.09 Å².